The third-order valence-corrected chi connectivity index (χ3v) is 4.77. The lowest BCUT2D eigenvalue weighted by molar-refractivity contribution is -0.128. The Morgan fingerprint density at radius 3 is 2.28 bits per heavy atom. The topological polar surface area (TPSA) is 96.5 Å². The maximum absolute atomic E-state index is 12.4. The molecule has 3 aromatic rings. The summed E-state index contributed by atoms with van der Waals surface area (Å²) in [6.45, 7) is 7.00. The summed E-state index contributed by atoms with van der Waals surface area (Å²) < 4.78 is 5.71. The maximum Gasteiger partial charge on any atom is 0.279 e. The third kappa shape index (κ3) is 5.85. The van der Waals surface area contributed by atoms with Gasteiger partial charge in [0, 0.05) is 16.7 Å². The van der Waals surface area contributed by atoms with E-state index in [4.69, 9.17) is 4.74 Å². The molecule has 32 heavy (non-hydrogen) atoms. The first-order valence-electron chi connectivity index (χ1n) is 10.3. The van der Waals surface area contributed by atoms with Gasteiger partial charge >= 0.3 is 0 Å². The van der Waals surface area contributed by atoms with Gasteiger partial charge in [0.05, 0.1) is 0 Å². The maximum atomic E-state index is 12.4. The van der Waals surface area contributed by atoms with Crippen molar-refractivity contribution in [2.75, 3.05) is 5.32 Å². The molecule has 0 saturated heterocycles. The Hall–Kier alpha value is -3.87. The van der Waals surface area contributed by atoms with Crippen LogP contribution in [0.3, 0.4) is 0 Å². The molecule has 0 aliphatic rings. The highest BCUT2D eigenvalue weighted by atomic mass is 16.5. The molecule has 0 saturated carbocycles. The van der Waals surface area contributed by atoms with Crippen LogP contribution in [0, 0.1) is 5.41 Å². The van der Waals surface area contributed by atoms with Crippen LogP contribution >= 0.6 is 0 Å². The normalized spacial score (nSPS) is 12.0. The molecule has 0 aromatic heterocycles. The first kappa shape index (κ1) is 22.8. The van der Waals surface area contributed by atoms with Crippen molar-refractivity contribution in [3.05, 3.63) is 72.3 Å². The molecule has 0 aliphatic carbocycles. The molecule has 0 bridgehead atoms. The Labute approximate surface area is 187 Å². The summed E-state index contributed by atoms with van der Waals surface area (Å²) in [6.07, 6.45) is -0.825. The van der Waals surface area contributed by atoms with Gasteiger partial charge in [0.15, 0.2) is 6.10 Å². The molecule has 0 radical (unpaired) electrons. The van der Waals surface area contributed by atoms with E-state index in [2.05, 4.69) is 16.2 Å². The minimum atomic E-state index is -0.825. The number of anilines is 1. The van der Waals surface area contributed by atoms with Crippen LogP contribution in [0.15, 0.2) is 66.7 Å². The number of amides is 3. The predicted molar refractivity (Wildman–Crippen MR) is 124 cm³/mol. The van der Waals surface area contributed by atoms with Crippen LogP contribution in [0.2, 0.25) is 0 Å². The quantitative estimate of drug-likeness (QED) is 0.529. The molecule has 0 fully saturated rings. The average Bonchev–Trinajstić information content (AvgIpc) is 2.76. The summed E-state index contributed by atoms with van der Waals surface area (Å²) in [4.78, 5) is 36.9. The zero-order valence-corrected chi connectivity index (χ0v) is 18.6. The smallest absolute Gasteiger partial charge is 0.279 e. The Bertz CT molecular complexity index is 1150. The fraction of sp³-hybridized carbons (Fsp3) is 0.240. The van der Waals surface area contributed by atoms with E-state index >= 15 is 0 Å². The number of benzene rings is 3. The summed E-state index contributed by atoms with van der Waals surface area (Å²) in [5, 5.41) is 4.85. The predicted octanol–water partition coefficient (Wildman–Crippen LogP) is 4.05. The number of ether oxygens (including phenoxy) is 1. The SMILES string of the molecule is CC(Oc1ccc2ccccc2c1)C(=O)NNC(=O)c1cccc(NC(=O)C(C)(C)C)c1. The number of hydrazine groups is 1. The van der Waals surface area contributed by atoms with E-state index in [0.717, 1.165) is 10.8 Å². The zero-order chi connectivity index (χ0) is 23.3. The lowest BCUT2D eigenvalue weighted by Gasteiger charge is -2.18. The van der Waals surface area contributed by atoms with E-state index < -0.39 is 23.3 Å². The van der Waals surface area contributed by atoms with Gasteiger partial charge in [-0.2, -0.15) is 0 Å². The second kappa shape index (κ2) is 9.51. The van der Waals surface area contributed by atoms with E-state index in [1.54, 1.807) is 58.0 Å². The van der Waals surface area contributed by atoms with Gasteiger partial charge in [0.2, 0.25) is 5.91 Å². The lowest BCUT2D eigenvalue weighted by atomic mass is 9.95. The second-order valence-corrected chi connectivity index (χ2v) is 8.50. The zero-order valence-electron chi connectivity index (χ0n) is 18.6. The largest absolute Gasteiger partial charge is 0.481 e. The average molecular weight is 434 g/mol. The Morgan fingerprint density at radius 1 is 0.844 bits per heavy atom. The second-order valence-electron chi connectivity index (χ2n) is 8.50. The molecule has 0 spiro atoms. The molecular formula is C25H27N3O4. The van der Waals surface area contributed by atoms with Crippen molar-refractivity contribution >= 4 is 34.2 Å². The van der Waals surface area contributed by atoms with Crippen molar-refractivity contribution in [1.82, 2.24) is 10.9 Å². The van der Waals surface area contributed by atoms with Crippen LogP contribution in [0.25, 0.3) is 10.8 Å². The van der Waals surface area contributed by atoms with Crippen molar-refractivity contribution in [1.29, 1.82) is 0 Å². The van der Waals surface area contributed by atoms with Crippen LogP contribution in [-0.2, 0) is 9.59 Å². The van der Waals surface area contributed by atoms with Crippen molar-refractivity contribution in [2.45, 2.75) is 33.8 Å². The van der Waals surface area contributed by atoms with Crippen molar-refractivity contribution in [2.24, 2.45) is 5.41 Å². The molecule has 3 N–H and O–H groups in total. The summed E-state index contributed by atoms with van der Waals surface area (Å²) in [5.74, 6) is -0.616. The first-order chi connectivity index (χ1) is 15.1. The molecule has 3 rings (SSSR count). The highest BCUT2D eigenvalue weighted by molar-refractivity contribution is 5.99. The molecule has 3 amide bonds. The Balaban J connectivity index is 1.56. The van der Waals surface area contributed by atoms with E-state index in [-0.39, 0.29) is 5.91 Å². The molecule has 7 nitrogen and oxygen atoms in total. The van der Waals surface area contributed by atoms with Crippen LogP contribution in [0.1, 0.15) is 38.1 Å². The van der Waals surface area contributed by atoms with E-state index in [1.807, 2.05) is 36.4 Å². The number of rotatable bonds is 5. The van der Waals surface area contributed by atoms with Gasteiger partial charge in [-0.05, 0) is 48.0 Å². The number of hydrogen-bond acceptors (Lipinski definition) is 4. The molecule has 3 aromatic carbocycles. The minimum absolute atomic E-state index is 0.164. The number of hydrogen-bond donors (Lipinski definition) is 3. The van der Waals surface area contributed by atoms with Gasteiger partial charge in [0.25, 0.3) is 11.8 Å². The van der Waals surface area contributed by atoms with Crippen LogP contribution < -0.4 is 20.9 Å². The number of fused-ring (bicyclic) bond motifs is 1. The standard InChI is InChI=1S/C25H27N3O4/c1-16(32-21-13-12-17-8-5-6-9-18(17)15-21)22(29)27-28-23(30)19-10-7-11-20(14-19)26-24(31)25(2,3)4/h5-16H,1-4H3,(H,26,31)(H,27,29)(H,28,30). The van der Waals surface area contributed by atoms with Crippen LogP contribution in [0.4, 0.5) is 5.69 Å². The molecule has 166 valence electrons. The number of carbonyl (C=O) groups excluding carboxylic acids is 3. The summed E-state index contributed by atoms with van der Waals surface area (Å²) in [7, 11) is 0. The number of carbonyl (C=O) groups is 3. The van der Waals surface area contributed by atoms with Crippen molar-refractivity contribution in [3.63, 3.8) is 0 Å². The van der Waals surface area contributed by atoms with E-state index in [9.17, 15) is 14.4 Å². The fourth-order valence-corrected chi connectivity index (χ4v) is 2.85. The highest BCUT2D eigenvalue weighted by Gasteiger charge is 2.21. The highest BCUT2D eigenvalue weighted by Crippen LogP contribution is 2.21. The first-order valence-corrected chi connectivity index (χ1v) is 10.3. The fourth-order valence-electron chi connectivity index (χ4n) is 2.85. The third-order valence-electron chi connectivity index (χ3n) is 4.77. The summed E-state index contributed by atoms with van der Waals surface area (Å²) in [5.41, 5.74) is 4.97. The Morgan fingerprint density at radius 2 is 1.56 bits per heavy atom. The molecule has 1 atom stereocenters. The monoisotopic (exact) mass is 433 g/mol. The Kier molecular flexibility index (Phi) is 6.78. The van der Waals surface area contributed by atoms with Gasteiger partial charge in [-0.15, -0.1) is 0 Å². The number of nitrogens with one attached hydrogen (secondary N) is 3. The molecular weight excluding hydrogens is 406 g/mol. The van der Waals surface area contributed by atoms with Crippen molar-refractivity contribution in [3.8, 4) is 5.75 Å². The molecule has 0 aliphatic heterocycles. The van der Waals surface area contributed by atoms with Gasteiger partial charge in [-0.1, -0.05) is 57.2 Å². The van der Waals surface area contributed by atoms with Gasteiger partial charge in [-0.25, -0.2) is 0 Å². The molecule has 0 heterocycles. The molecule has 7 heteroatoms. The molecule has 1 unspecified atom stereocenters. The van der Waals surface area contributed by atoms with E-state index in [0.29, 0.717) is 17.0 Å². The van der Waals surface area contributed by atoms with Gasteiger partial charge in [-0.3, -0.25) is 25.2 Å². The van der Waals surface area contributed by atoms with Gasteiger partial charge in [0.1, 0.15) is 5.75 Å². The van der Waals surface area contributed by atoms with Crippen LogP contribution in [0.5, 0.6) is 5.75 Å². The lowest BCUT2D eigenvalue weighted by Crippen LogP contribution is -2.47. The van der Waals surface area contributed by atoms with Crippen LogP contribution in [-0.4, -0.2) is 23.8 Å². The minimum Gasteiger partial charge on any atom is -0.481 e. The van der Waals surface area contributed by atoms with Gasteiger partial charge < -0.3 is 10.1 Å². The summed E-state index contributed by atoms with van der Waals surface area (Å²) >= 11 is 0. The van der Waals surface area contributed by atoms with E-state index in [1.165, 1.54) is 0 Å². The van der Waals surface area contributed by atoms with Crippen molar-refractivity contribution < 1.29 is 19.1 Å². The summed E-state index contributed by atoms with van der Waals surface area (Å²) in [6, 6.07) is 19.9.